The average molecular weight is 236 g/mol. The van der Waals surface area contributed by atoms with Crippen molar-refractivity contribution in [1.29, 1.82) is 5.26 Å². The van der Waals surface area contributed by atoms with Gasteiger partial charge in [-0.2, -0.15) is 5.26 Å². The summed E-state index contributed by atoms with van der Waals surface area (Å²) in [6.45, 7) is 0. The number of hydrogen-bond acceptors (Lipinski definition) is 5. The van der Waals surface area contributed by atoms with Crippen molar-refractivity contribution in [3.8, 4) is 6.07 Å². The number of nitrogens with two attached hydrogens (primary N) is 1. The second-order valence-corrected chi connectivity index (χ2v) is 3.53. The summed E-state index contributed by atoms with van der Waals surface area (Å²) in [6.07, 6.45) is -3.55. The van der Waals surface area contributed by atoms with Crippen LogP contribution < -0.4 is 5.73 Å². The number of benzene rings is 1. The molecule has 90 valence electrons. The highest BCUT2D eigenvalue weighted by Crippen LogP contribution is 2.25. The number of rotatable bonds is 4. The monoisotopic (exact) mass is 236 g/mol. The Morgan fingerprint density at radius 2 is 2.12 bits per heavy atom. The molecule has 0 saturated carbocycles. The van der Waals surface area contributed by atoms with Gasteiger partial charge in [0.15, 0.2) is 0 Å². The van der Waals surface area contributed by atoms with E-state index in [4.69, 9.17) is 16.1 Å². The highest BCUT2D eigenvalue weighted by Gasteiger charge is 2.24. The Balaban J connectivity index is 3.04. The Kier molecular flexibility index (Phi) is 4.04. The normalized spacial score (nSPS) is 13.7. The minimum Gasteiger partial charge on any atom is -0.481 e. The van der Waals surface area contributed by atoms with Crippen molar-refractivity contribution in [3.63, 3.8) is 0 Å². The molecule has 0 aliphatic heterocycles. The van der Waals surface area contributed by atoms with Gasteiger partial charge in [0.05, 0.1) is 18.1 Å². The van der Waals surface area contributed by atoms with E-state index >= 15 is 0 Å². The van der Waals surface area contributed by atoms with Crippen LogP contribution in [0.5, 0.6) is 0 Å². The van der Waals surface area contributed by atoms with E-state index in [1.165, 1.54) is 18.2 Å². The molecular weight excluding hydrogens is 224 g/mol. The van der Waals surface area contributed by atoms with E-state index in [-0.39, 0.29) is 16.8 Å². The minimum atomic E-state index is -1.48. The molecule has 0 amide bonds. The van der Waals surface area contributed by atoms with Gasteiger partial charge in [0.2, 0.25) is 0 Å². The van der Waals surface area contributed by atoms with Crippen molar-refractivity contribution in [1.82, 2.24) is 0 Å². The number of nitriles is 1. The molecule has 0 aromatic heterocycles. The lowest BCUT2D eigenvalue weighted by molar-refractivity contribution is -0.141. The number of aliphatic hydroxyl groups is 2. The van der Waals surface area contributed by atoms with E-state index in [9.17, 15) is 15.0 Å². The van der Waals surface area contributed by atoms with E-state index in [2.05, 4.69) is 0 Å². The van der Waals surface area contributed by atoms with Crippen molar-refractivity contribution in [2.75, 3.05) is 5.73 Å². The molecule has 0 fully saturated rings. The number of nitrogens with zero attached hydrogens (tertiary/aromatic N) is 1. The third-order valence-corrected chi connectivity index (χ3v) is 2.31. The number of carbonyl (C=O) groups is 1. The van der Waals surface area contributed by atoms with Gasteiger partial charge >= 0.3 is 5.97 Å². The van der Waals surface area contributed by atoms with Crippen molar-refractivity contribution < 1.29 is 20.1 Å². The van der Waals surface area contributed by atoms with Crippen LogP contribution in [-0.2, 0) is 4.79 Å². The second kappa shape index (κ2) is 5.30. The van der Waals surface area contributed by atoms with Crippen LogP contribution in [0.4, 0.5) is 5.69 Å². The predicted octanol–water partition coefficient (Wildman–Crippen LogP) is 0.00948. The number of hydrogen-bond donors (Lipinski definition) is 4. The molecular formula is C11H12N2O4. The lowest BCUT2D eigenvalue weighted by Crippen LogP contribution is -2.22. The summed E-state index contributed by atoms with van der Waals surface area (Å²) in [5.74, 6) is -1.24. The Morgan fingerprint density at radius 3 is 2.65 bits per heavy atom. The molecule has 2 unspecified atom stereocenters. The number of aliphatic hydroxyl groups excluding tert-OH is 2. The van der Waals surface area contributed by atoms with Gasteiger partial charge < -0.3 is 21.1 Å². The van der Waals surface area contributed by atoms with Crippen LogP contribution in [0.2, 0.25) is 0 Å². The van der Waals surface area contributed by atoms with E-state index in [0.717, 1.165) is 0 Å². The molecule has 0 bridgehead atoms. The third-order valence-electron chi connectivity index (χ3n) is 2.31. The van der Waals surface area contributed by atoms with Crippen molar-refractivity contribution >= 4 is 11.7 Å². The minimum absolute atomic E-state index is 0.0458. The first-order valence-corrected chi connectivity index (χ1v) is 4.83. The van der Waals surface area contributed by atoms with Gasteiger partial charge in [0, 0.05) is 11.3 Å². The maximum absolute atomic E-state index is 10.4. The van der Waals surface area contributed by atoms with Gasteiger partial charge in [0.1, 0.15) is 12.2 Å². The van der Waals surface area contributed by atoms with Gasteiger partial charge in [-0.1, -0.05) is 12.1 Å². The lowest BCUT2D eigenvalue weighted by atomic mass is 9.96. The highest BCUT2D eigenvalue weighted by molar-refractivity contribution is 5.67. The Bertz CT molecular complexity index is 467. The molecule has 0 heterocycles. The zero-order valence-corrected chi connectivity index (χ0v) is 8.87. The van der Waals surface area contributed by atoms with Crippen LogP contribution in [-0.4, -0.2) is 27.4 Å². The molecule has 0 aliphatic rings. The third kappa shape index (κ3) is 2.93. The molecule has 5 N–H and O–H groups in total. The zero-order chi connectivity index (χ0) is 13.0. The van der Waals surface area contributed by atoms with Crippen LogP contribution in [0.15, 0.2) is 18.2 Å². The van der Waals surface area contributed by atoms with Gasteiger partial charge in [-0.3, -0.25) is 4.79 Å². The fourth-order valence-electron chi connectivity index (χ4n) is 1.46. The largest absolute Gasteiger partial charge is 0.481 e. The molecule has 17 heavy (non-hydrogen) atoms. The summed E-state index contributed by atoms with van der Waals surface area (Å²) in [7, 11) is 0. The Hall–Kier alpha value is -2.10. The molecule has 2 atom stereocenters. The number of anilines is 1. The number of carboxylic acids is 1. The molecule has 0 radical (unpaired) electrons. The standard InChI is InChI=1S/C11H12N2O4/c12-5-7-6(2-1-3-8(7)13)11(17)9(14)4-10(15)16/h1-3,9,11,14,17H,4,13H2,(H,15,16). The second-order valence-electron chi connectivity index (χ2n) is 3.53. The van der Waals surface area contributed by atoms with E-state index < -0.39 is 24.6 Å². The van der Waals surface area contributed by atoms with E-state index in [1.807, 2.05) is 6.07 Å². The molecule has 0 aliphatic carbocycles. The quantitative estimate of drug-likeness (QED) is 0.545. The van der Waals surface area contributed by atoms with Crippen molar-refractivity contribution in [2.45, 2.75) is 18.6 Å². The number of carboxylic acid groups (broad SMARTS) is 1. The van der Waals surface area contributed by atoms with Gasteiger partial charge in [0.25, 0.3) is 0 Å². The first-order chi connectivity index (χ1) is 7.97. The van der Waals surface area contributed by atoms with Crippen LogP contribution in [0, 0.1) is 11.3 Å². The van der Waals surface area contributed by atoms with Crippen molar-refractivity contribution in [2.24, 2.45) is 0 Å². The first-order valence-electron chi connectivity index (χ1n) is 4.83. The first kappa shape index (κ1) is 13.0. The Morgan fingerprint density at radius 1 is 1.47 bits per heavy atom. The maximum atomic E-state index is 10.4. The zero-order valence-electron chi connectivity index (χ0n) is 8.87. The molecule has 0 saturated heterocycles. The van der Waals surface area contributed by atoms with Crippen LogP contribution in [0.1, 0.15) is 23.7 Å². The number of aliphatic carboxylic acids is 1. The van der Waals surface area contributed by atoms with Crippen LogP contribution >= 0.6 is 0 Å². The molecule has 1 aromatic rings. The van der Waals surface area contributed by atoms with Gasteiger partial charge in [-0.05, 0) is 6.07 Å². The molecule has 0 spiro atoms. The summed E-state index contributed by atoms with van der Waals surface area (Å²) in [5.41, 5.74) is 5.88. The summed E-state index contributed by atoms with van der Waals surface area (Å²) in [6, 6.07) is 6.23. The fourth-order valence-corrected chi connectivity index (χ4v) is 1.46. The van der Waals surface area contributed by atoms with Gasteiger partial charge in [-0.25, -0.2) is 0 Å². The van der Waals surface area contributed by atoms with Crippen LogP contribution in [0.3, 0.4) is 0 Å². The molecule has 6 heteroatoms. The molecule has 1 rings (SSSR count). The summed E-state index contributed by atoms with van der Waals surface area (Å²) < 4.78 is 0. The molecule has 1 aromatic carbocycles. The van der Waals surface area contributed by atoms with Gasteiger partial charge in [-0.15, -0.1) is 0 Å². The van der Waals surface area contributed by atoms with Crippen molar-refractivity contribution in [3.05, 3.63) is 29.3 Å². The maximum Gasteiger partial charge on any atom is 0.306 e. The van der Waals surface area contributed by atoms with E-state index in [1.54, 1.807) is 0 Å². The fraction of sp³-hybridized carbons (Fsp3) is 0.273. The average Bonchev–Trinajstić information content (AvgIpc) is 2.26. The summed E-state index contributed by atoms with van der Waals surface area (Å²) in [5, 5.41) is 36.6. The van der Waals surface area contributed by atoms with Crippen LogP contribution in [0.25, 0.3) is 0 Å². The number of nitrogen functional groups attached to an aromatic ring is 1. The summed E-state index contributed by atoms with van der Waals surface area (Å²) >= 11 is 0. The summed E-state index contributed by atoms with van der Waals surface area (Å²) in [4.78, 5) is 10.4. The lowest BCUT2D eigenvalue weighted by Gasteiger charge is -2.18. The smallest absolute Gasteiger partial charge is 0.306 e. The molecule has 6 nitrogen and oxygen atoms in total. The topological polar surface area (TPSA) is 128 Å². The Labute approximate surface area is 97.5 Å². The highest BCUT2D eigenvalue weighted by atomic mass is 16.4. The van der Waals surface area contributed by atoms with E-state index in [0.29, 0.717) is 0 Å². The predicted molar refractivity (Wildman–Crippen MR) is 58.8 cm³/mol. The SMILES string of the molecule is N#Cc1c(N)cccc1C(O)C(O)CC(=O)O.